The van der Waals surface area contributed by atoms with Crippen LogP contribution in [0.1, 0.15) is 45.1 Å². The average molecular weight is 233 g/mol. The van der Waals surface area contributed by atoms with E-state index in [-0.39, 0.29) is 16.9 Å². The van der Waals surface area contributed by atoms with Crippen molar-refractivity contribution in [2.75, 3.05) is 0 Å². The minimum Gasteiger partial charge on any atom is -0.345 e. The number of carbonyl (C=O) groups excluding carboxylic acids is 1. The van der Waals surface area contributed by atoms with Crippen molar-refractivity contribution in [3.8, 4) is 0 Å². The standard InChI is InChI=1S/C13H19N3O/c1-9-14-8-5-10(15-9)13(6-7-13)16-11(17)12(2,3)4/h5,8H,6-7H2,1-4H3,(H,16,17). The number of aromatic nitrogens is 2. The first-order valence-electron chi connectivity index (χ1n) is 5.96. The molecule has 4 heteroatoms. The minimum absolute atomic E-state index is 0.0752. The maximum absolute atomic E-state index is 12.0. The molecule has 0 aliphatic heterocycles. The van der Waals surface area contributed by atoms with E-state index in [1.165, 1.54) is 0 Å². The molecule has 1 aliphatic carbocycles. The average Bonchev–Trinajstić information content (AvgIpc) is 2.97. The summed E-state index contributed by atoms with van der Waals surface area (Å²) in [6.45, 7) is 7.63. The van der Waals surface area contributed by atoms with E-state index >= 15 is 0 Å². The summed E-state index contributed by atoms with van der Waals surface area (Å²) >= 11 is 0. The molecule has 0 spiro atoms. The molecule has 92 valence electrons. The fraction of sp³-hybridized carbons (Fsp3) is 0.615. The van der Waals surface area contributed by atoms with E-state index < -0.39 is 0 Å². The molecule has 0 bridgehead atoms. The molecule has 17 heavy (non-hydrogen) atoms. The molecule has 0 atom stereocenters. The lowest BCUT2D eigenvalue weighted by Gasteiger charge is -2.23. The number of nitrogens with one attached hydrogen (secondary N) is 1. The van der Waals surface area contributed by atoms with Crippen molar-refractivity contribution < 1.29 is 4.79 Å². The number of amides is 1. The molecule has 1 aliphatic rings. The van der Waals surface area contributed by atoms with E-state index in [0.717, 1.165) is 24.4 Å². The van der Waals surface area contributed by atoms with E-state index in [9.17, 15) is 4.79 Å². The molecule has 4 nitrogen and oxygen atoms in total. The minimum atomic E-state index is -0.363. The van der Waals surface area contributed by atoms with Crippen LogP contribution >= 0.6 is 0 Å². The van der Waals surface area contributed by atoms with Crippen LogP contribution in [0.2, 0.25) is 0 Å². The van der Waals surface area contributed by atoms with Crippen LogP contribution in [-0.4, -0.2) is 15.9 Å². The fourth-order valence-corrected chi connectivity index (χ4v) is 1.70. The predicted octanol–water partition coefficient (Wildman–Crippen LogP) is 1.94. The Morgan fingerprint density at radius 2 is 2.06 bits per heavy atom. The zero-order chi connectivity index (χ0) is 12.7. The van der Waals surface area contributed by atoms with Crippen molar-refractivity contribution in [1.82, 2.24) is 15.3 Å². The summed E-state index contributed by atoms with van der Waals surface area (Å²) in [5, 5.41) is 3.12. The van der Waals surface area contributed by atoms with Crippen LogP contribution in [0.4, 0.5) is 0 Å². The van der Waals surface area contributed by atoms with Gasteiger partial charge in [-0.05, 0) is 25.8 Å². The number of aryl methyl sites for hydroxylation is 1. The highest BCUT2D eigenvalue weighted by Crippen LogP contribution is 2.45. The Hall–Kier alpha value is -1.45. The molecule has 0 saturated heterocycles. The maximum Gasteiger partial charge on any atom is 0.226 e. The van der Waals surface area contributed by atoms with Gasteiger partial charge in [-0.1, -0.05) is 20.8 Å². The van der Waals surface area contributed by atoms with E-state index in [1.807, 2.05) is 33.8 Å². The van der Waals surface area contributed by atoms with Crippen molar-refractivity contribution in [3.63, 3.8) is 0 Å². The summed E-state index contributed by atoms with van der Waals surface area (Å²) in [4.78, 5) is 20.5. The topological polar surface area (TPSA) is 54.9 Å². The third-order valence-electron chi connectivity index (χ3n) is 3.05. The second-order valence-corrected chi connectivity index (χ2v) is 5.78. The number of hydrogen-bond acceptors (Lipinski definition) is 3. The Morgan fingerprint density at radius 3 is 2.53 bits per heavy atom. The molecule has 1 amide bonds. The van der Waals surface area contributed by atoms with Gasteiger partial charge in [0.15, 0.2) is 0 Å². The van der Waals surface area contributed by atoms with Crippen LogP contribution in [0.15, 0.2) is 12.3 Å². The first kappa shape index (κ1) is 12.0. The quantitative estimate of drug-likeness (QED) is 0.849. The van der Waals surface area contributed by atoms with Crippen molar-refractivity contribution in [3.05, 3.63) is 23.8 Å². The van der Waals surface area contributed by atoms with Gasteiger partial charge in [-0.3, -0.25) is 4.79 Å². The van der Waals surface area contributed by atoms with E-state index in [1.54, 1.807) is 6.20 Å². The van der Waals surface area contributed by atoms with Crippen molar-refractivity contribution in [1.29, 1.82) is 0 Å². The van der Waals surface area contributed by atoms with Crippen LogP contribution in [0.5, 0.6) is 0 Å². The molecule has 1 saturated carbocycles. The van der Waals surface area contributed by atoms with E-state index in [2.05, 4.69) is 15.3 Å². The Kier molecular flexibility index (Phi) is 2.68. The lowest BCUT2D eigenvalue weighted by molar-refractivity contribution is -0.129. The van der Waals surface area contributed by atoms with Gasteiger partial charge in [0.2, 0.25) is 5.91 Å². The first-order valence-corrected chi connectivity index (χ1v) is 5.96. The first-order chi connectivity index (χ1) is 7.83. The van der Waals surface area contributed by atoms with Gasteiger partial charge in [0.1, 0.15) is 5.82 Å². The lowest BCUT2D eigenvalue weighted by Crippen LogP contribution is -2.42. The van der Waals surface area contributed by atoms with Crippen LogP contribution in [0.3, 0.4) is 0 Å². The molecule has 1 heterocycles. The number of carbonyl (C=O) groups is 1. The second-order valence-electron chi connectivity index (χ2n) is 5.78. The molecule has 1 N–H and O–H groups in total. The van der Waals surface area contributed by atoms with Gasteiger partial charge in [-0.15, -0.1) is 0 Å². The lowest BCUT2D eigenvalue weighted by atomic mass is 9.94. The van der Waals surface area contributed by atoms with E-state index in [4.69, 9.17) is 0 Å². The van der Waals surface area contributed by atoms with Crippen LogP contribution in [-0.2, 0) is 10.3 Å². The van der Waals surface area contributed by atoms with Gasteiger partial charge in [-0.2, -0.15) is 0 Å². The van der Waals surface area contributed by atoms with Crippen molar-refractivity contribution >= 4 is 5.91 Å². The summed E-state index contributed by atoms with van der Waals surface area (Å²) in [5.41, 5.74) is 0.332. The smallest absolute Gasteiger partial charge is 0.226 e. The predicted molar refractivity (Wildman–Crippen MR) is 65.3 cm³/mol. The SMILES string of the molecule is Cc1nccc(C2(NC(=O)C(C)(C)C)CC2)n1. The van der Waals surface area contributed by atoms with Crippen LogP contribution < -0.4 is 5.32 Å². The second kappa shape index (κ2) is 3.79. The largest absolute Gasteiger partial charge is 0.345 e. The van der Waals surface area contributed by atoms with Gasteiger partial charge < -0.3 is 5.32 Å². The molecule has 2 rings (SSSR count). The third kappa shape index (κ3) is 2.46. The molecule has 1 aromatic rings. The molecule has 0 radical (unpaired) electrons. The van der Waals surface area contributed by atoms with Gasteiger partial charge in [-0.25, -0.2) is 9.97 Å². The summed E-state index contributed by atoms with van der Waals surface area (Å²) in [6.07, 6.45) is 3.68. The Morgan fingerprint density at radius 1 is 1.41 bits per heavy atom. The molecule has 1 aromatic heterocycles. The molecule has 0 aromatic carbocycles. The molecular formula is C13H19N3O. The summed E-state index contributed by atoms with van der Waals surface area (Å²) in [7, 11) is 0. The zero-order valence-electron chi connectivity index (χ0n) is 10.9. The Labute approximate surface area is 102 Å². The molecule has 0 unspecified atom stereocenters. The van der Waals surface area contributed by atoms with Gasteiger partial charge in [0.25, 0.3) is 0 Å². The highest BCUT2D eigenvalue weighted by molar-refractivity contribution is 5.82. The van der Waals surface area contributed by atoms with Gasteiger partial charge >= 0.3 is 0 Å². The zero-order valence-corrected chi connectivity index (χ0v) is 10.9. The Balaban J connectivity index is 2.18. The number of nitrogens with zero attached hydrogens (tertiary/aromatic N) is 2. The molecular weight excluding hydrogens is 214 g/mol. The normalized spacial score (nSPS) is 17.6. The van der Waals surface area contributed by atoms with Crippen molar-refractivity contribution in [2.24, 2.45) is 5.41 Å². The van der Waals surface area contributed by atoms with Crippen LogP contribution in [0.25, 0.3) is 0 Å². The fourth-order valence-electron chi connectivity index (χ4n) is 1.70. The van der Waals surface area contributed by atoms with Gasteiger partial charge in [0, 0.05) is 11.6 Å². The molecule has 1 fully saturated rings. The van der Waals surface area contributed by atoms with E-state index in [0.29, 0.717) is 0 Å². The van der Waals surface area contributed by atoms with Crippen molar-refractivity contribution in [2.45, 2.75) is 46.1 Å². The van der Waals surface area contributed by atoms with Gasteiger partial charge in [0.05, 0.1) is 11.2 Å². The monoisotopic (exact) mass is 233 g/mol. The number of rotatable bonds is 2. The number of hydrogen-bond donors (Lipinski definition) is 1. The summed E-state index contributed by atoms with van der Waals surface area (Å²) in [5.74, 6) is 0.824. The highest BCUT2D eigenvalue weighted by Gasteiger charge is 2.48. The summed E-state index contributed by atoms with van der Waals surface area (Å²) < 4.78 is 0. The van der Waals surface area contributed by atoms with Crippen LogP contribution in [0, 0.1) is 12.3 Å². The highest BCUT2D eigenvalue weighted by atomic mass is 16.2. The maximum atomic E-state index is 12.0. The Bertz CT molecular complexity index is 444. The summed E-state index contributed by atoms with van der Waals surface area (Å²) in [6, 6.07) is 1.89. The third-order valence-corrected chi connectivity index (χ3v) is 3.05.